The van der Waals surface area contributed by atoms with Gasteiger partial charge in [0.2, 0.25) is 5.91 Å². The molecule has 2 heterocycles. The number of fused-ring (bicyclic) bond motifs is 2. The summed E-state index contributed by atoms with van der Waals surface area (Å²) in [6.07, 6.45) is 5.14. The van der Waals surface area contributed by atoms with Crippen LogP contribution in [-0.4, -0.2) is 31.2 Å². The molecule has 0 atom stereocenters. The lowest BCUT2D eigenvalue weighted by atomic mass is 9.80. The van der Waals surface area contributed by atoms with Gasteiger partial charge in [0.05, 0.1) is 5.69 Å². The predicted molar refractivity (Wildman–Crippen MR) is 85.9 cm³/mol. The number of hydrogen-bond acceptors (Lipinski definition) is 3. The summed E-state index contributed by atoms with van der Waals surface area (Å²) in [5.41, 5.74) is 6.77. The van der Waals surface area contributed by atoms with E-state index in [0.717, 1.165) is 36.9 Å². The van der Waals surface area contributed by atoms with Crippen molar-refractivity contribution in [3.63, 3.8) is 0 Å². The highest BCUT2D eigenvalue weighted by atomic mass is 19.1. The summed E-state index contributed by atoms with van der Waals surface area (Å²) < 4.78 is 19.9. The van der Waals surface area contributed by atoms with Crippen molar-refractivity contribution in [1.82, 2.24) is 0 Å². The van der Waals surface area contributed by atoms with Gasteiger partial charge < -0.3 is 15.4 Å². The van der Waals surface area contributed by atoms with Gasteiger partial charge in [-0.15, -0.1) is 0 Å². The van der Waals surface area contributed by atoms with Crippen molar-refractivity contribution >= 4 is 11.6 Å². The molecule has 2 N–H and O–H groups in total. The Balaban J connectivity index is 1.74. The minimum absolute atomic E-state index is 0.0728. The molecule has 1 aromatic carbocycles. The van der Waals surface area contributed by atoms with E-state index in [4.69, 9.17) is 10.5 Å². The van der Waals surface area contributed by atoms with Crippen LogP contribution in [0.2, 0.25) is 0 Å². The Bertz CT molecular complexity index is 634. The molecule has 5 heteroatoms. The fourth-order valence-corrected chi connectivity index (χ4v) is 4.59. The summed E-state index contributed by atoms with van der Waals surface area (Å²) in [6, 6.07) is 5.07. The number of anilines is 1. The molecular weight excluding hydrogens is 295 g/mol. The molecular formula is C18H23FN2O2. The van der Waals surface area contributed by atoms with Crippen molar-refractivity contribution in [3.8, 4) is 0 Å². The van der Waals surface area contributed by atoms with Gasteiger partial charge in [-0.2, -0.15) is 0 Å². The molecule has 124 valence electrons. The molecule has 0 unspecified atom stereocenters. The molecule has 2 fully saturated rings. The largest absolute Gasteiger partial charge is 0.381 e. The van der Waals surface area contributed by atoms with Crippen LogP contribution in [0.15, 0.2) is 18.2 Å². The first-order valence-electron chi connectivity index (χ1n) is 8.53. The maximum atomic E-state index is 14.6. The zero-order valence-corrected chi connectivity index (χ0v) is 13.3. The van der Waals surface area contributed by atoms with Gasteiger partial charge in [-0.25, -0.2) is 4.39 Å². The first kappa shape index (κ1) is 15.1. The Morgan fingerprint density at radius 3 is 2.57 bits per heavy atom. The number of halogens is 1. The molecule has 4 rings (SSSR count). The number of ether oxygens (including phenoxy) is 1. The van der Waals surface area contributed by atoms with Crippen LogP contribution >= 0.6 is 0 Å². The molecule has 0 bridgehead atoms. The van der Waals surface area contributed by atoms with Gasteiger partial charge in [0, 0.05) is 30.7 Å². The number of amides is 1. The second kappa shape index (κ2) is 5.28. The van der Waals surface area contributed by atoms with Gasteiger partial charge in [0.1, 0.15) is 11.4 Å². The van der Waals surface area contributed by atoms with E-state index in [1.54, 1.807) is 11.0 Å². The number of hydrogen-bond donors (Lipinski definition) is 1. The molecule has 1 saturated heterocycles. The standard InChI is InChI=1S/C18H23FN2O2/c19-13-4-3-5-14-15(13)17(6-1-2-7-17)12-21(14)16(22)18(20)8-10-23-11-9-18/h3-5H,1-2,6-12,20H2. The highest BCUT2D eigenvalue weighted by Gasteiger charge is 2.51. The normalized spacial score (nSPS) is 24.9. The first-order chi connectivity index (χ1) is 11.1. The summed E-state index contributed by atoms with van der Waals surface area (Å²) in [7, 11) is 0. The lowest BCUT2D eigenvalue weighted by Crippen LogP contribution is -2.58. The van der Waals surface area contributed by atoms with E-state index in [2.05, 4.69) is 0 Å². The number of nitrogens with two attached hydrogens (primary N) is 1. The fourth-order valence-electron chi connectivity index (χ4n) is 4.59. The maximum absolute atomic E-state index is 14.6. The molecule has 1 aromatic rings. The topological polar surface area (TPSA) is 55.6 Å². The minimum atomic E-state index is -0.883. The van der Waals surface area contributed by atoms with Gasteiger partial charge >= 0.3 is 0 Å². The van der Waals surface area contributed by atoms with Gasteiger partial charge in [-0.05, 0) is 37.8 Å². The Hall–Kier alpha value is -1.46. The fraction of sp³-hybridized carbons (Fsp3) is 0.611. The Kier molecular flexibility index (Phi) is 3.46. The average Bonchev–Trinajstić information content (AvgIpc) is 3.14. The van der Waals surface area contributed by atoms with Gasteiger partial charge in [0.15, 0.2) is 0 Å². The summed E-state index contributed by atoms with van der Waals surface area (Å²) in [6.45, 7) is 1.59. The van der Waals surface area contributed by atoms with Crippen LogP contribution in [0.1, 0.15) is 44.1 Å². The molecule has 4 nitrogen and oxygen atoms in total. The third-order valence-corrected chi connectivity index (χ3v) is 5.89. The molecule has 1 aliphatic carbocycles. The van der Waals surface area contributed by atoms with Crippen LogP contribution in [0.3, 0.4) is 0 Å². The molecule has 3 aliphatic rings. The molecule has 1 amide bonds. The summed E-state index contributed by atoms with van der Waals surface area (Å²) >= 11 is 0. The molecule has 2 aliphatic heterocycles. The smallest absolute Gasteiger partial charge is 0.247 e. The van der Waals surface area contributed by atoms with Crippen LogP contribution in [0.4, 0.5) is 10.1 Å². The highest BCUT2D eigenvalue weighted by Crippen LogP contribution is 2.51. The van der Waals surface area contributed by atoms with Crippen molar-refractivity contribution in [3.05, 3.63) is 29.6 Å². The van der Waals surface area contributed by atoms with Gasteiger partial charge in [-0.1, -0.05) is 18.9 Å². The lowest BCUT2D eigenvalue weighted by molar-refractivity contribution is -0.127. The molecule has 0 aromatic heterocycles. The van der Waals surface area contributed by atoms with E-state index in [9.17, 15) is 9.18 Å². The van der Waals surface area contributed by atoms with Crippen molar-refractivity contribution in [2.75, 3.05) is 24.7 Å². The van der Waals surface area contributed by atoms with E-state index >= 15 is 0 Å². The van der Waals surface area contributed by atoms with Crippen molar-refractivity contribution in [2.45, 2.75) is 49.5 Å². The molecule has 1 spiro atoms. The summed E-state index contributed by atoms with van der Waals surface area (Å²) in [5.74, 6) is -0.255. The third-order valence-electron chi connectivity index (χ3n) is 5.89. The molecule has 23 heavy (non-hydrogen) atoms. The van der Waals surface area contributed by atoms with E-state index in [1.165, 1.54) is 6.07 Å². The lowest BCUT2D eigenvalue weighted by Gasteiger charge is -2.36. The van der Waals surface area contributed by atoms with Gasteiger partial charge in [0.25, 0.3) is 0 Å². The third kappa shape index (κ3) is 2.21. The zero-order valence-electron chi connectivity index (χ0n) is 13.3. The van der Waals surface area contributed by atoms with E-state index in [0.29, 0.717) is 32.6 Å². The van der Waals surface area contributed by atoms with Crippen LogP contribution < -0.4 is 10.6 Å². The predicted octanol–water partition coefficient (Wildman–Crippen LogP) is 2.49. The van der Waals surface area contributed by atoms with Crippen LogP contribution in [-0.2, 0) is 14.9 Å². The molecule has 0 radical (unpaired) electrons. The average molecular weight is 318 g/mol. The van der Waals surface area contributed by atoms with Crippen molar-refractivity contribution in [2.24, 2.45) is 5.73 Å². The van der Waals surface area contributed by atoms with Crippen LogP contribution in [0.5, 0.6) is 0 Å². The van der Waals surface area contributed by atoms with Crippen LogP contribution in [0, 0.1) is 5.82 Å². The Morgan fingerprint density at radius 2 is 1.87 bits per heavy atom. The highest BCUT2D eigenvalue weighted by molar-refractivity contribution is 6.02. The summed E-state index contributed by atoms with van der Waals surface area (Å²) in [5, 5.41) is 0. The molecule has 1 saturated carbocycles. The minimum Gasteiger partial charge on any atom is -0.381 e. The van der Waals surface area contributed by atoms with E-state index in [-0.39, 0.29) is 17.1 Å². The van der Waals surface area contributed by atoms with Crippen LogP contribution in [0.25, 0.3) is 0 Å². The quantitative estimate of drug-likeness (QED) is 0.865. The maximum Gasteiger partial charge on any atom is 0.247 e. The number of benzene rings is 1. The Labute approximate surface area is 135 Å². The van der Waals surface area contributed by atoms with E-state index < -0.39 is 5.54 Å². The monoisotopic (exact) mass is 318 g/mol. The first-order valence-corrected chi connectivity index (χ1v) is 8.53. The number of carbonyl (C=O) groups is 1. The second-order valence-corrected chi connectivity index (χ2v) is 7.28. The van der Waals surface area contributed by atoms with Gasteiger partial charge in [-0.3, -0.25) is 4.79 Å². The zero-order chi connectivity index (χ0) is 16.1. The van der Waals surface area contributed by atoms with Crippen molar-refractivity contribution in [1.29, 1.82) is 0 Å². The van der Waals surface area contributed by atoms with E-state index in [1.807, 2.05) is 6.07 Å². The number of rotatable bonds is 1. The second-order valence-electron chi connectivity index (χ2n) is 7.28. The summed E-state index contributed by atoms with van der Waals surface area (Å²) in [4.78, 5) is 14.9. The SMILES string of the molecule is NC1(C(=O)N2CC3(CCCC3)c3c(F)cccc32)CCOCC1. The van der Waals surface area contributed by atoms with Crippen molar-refractivity contribution < 1.29 is 13.9 Å². The number of carbonyl (C=O) groups excluding carboxylic acids is 1. The number of nitrogens with zero attached hydrogens (tertiary/aromatic N) is 1. The Morgan fingerprint density at radius 1 is 1.17 bits per heavy atom.